The van der Waals surface area contributed by atoms with Crippen molar-refractivity contribution in [3.8, 4) is 5.75 Å². The van der Waals surface area contributed by atoms with Crippen LogP contribution in [-0.4, -0.2) is 62.6 Å². The first-order valence-electron chi connectivity index (χ1n) is 9.62. The minimum atomic E-state index is -0.0663. The molecule has 1 aliphatic rings. The molecule has 1 aliphatic heterocycles. The van der Waals surface area contributed by atoms with E-state index in [2.05, 4.69) is 39.7 Å². The van der Waals surface area contributed by atoms with Crippen molar-refractivity contribution in [2.24, 2.45) is 4.99 Å². The maximum Gasteiger partial charge on any atom is 0.239 e. The van der Waals surface area contributed by atoms with E-state index in [-0.39, 0.29) is 12.5 Å². The number of guanidine groups is 1. The van der Waals surface area contributed by atoms with Crippen LogP contribution in [0.1, 0.15) is 32.3 Å². The van der Waals surface area contributed by atoms with Gasteiger partial charge in [0.05, 0.1) is 13.7 Å². The number of benzene rings is 1. The van der Waals surface area contributed by atoms with E-state index in [0.29, 0.717) is 24.6 Å². The van der Waals surface area contributed by atoms with Gasteiger partial charge in [-0.3, -0.25) is 9.79 Å². The first-order valence-corrected chi connectivity index (χ1v) is 9.62. The predicted molar refractivity (Wildman–Crippen MR) is 109 cm³/mol. The Morgan fingerprint density at radius 1 is 1.22 bits per heavy atom. The van der Waals surface area contributed by atoms with E-state index in [4.69, 9.17) is 4.74 Å². The number of ether oxygens (including phenoxy) is 1. The third kappa shape index (κ3) is 7.09. The molecule has 0 unspecified atom stereocenters. The van der Waals surface area contributed by atoms with Crippen LogP contribution in [0.2, 0.25) is 0 Å². The standard InChI is InChI=1S/C20H33N5O2/c1-15(2)25-11-9-17(10-12-25)24-20(21-3)23-14-19(26)22-13-16-5-7-18(27-4)8-6-16/h5-8,15,17H,9-14H2,1-4H3,(H,22,26)(H2,21,23,24). The normalized spacial score (nSPS) is 16.3. The van der Waals surface area contributed by atoms with Crippen molar-refractivity contribution >= 4 is 11.9 Å². The number of hydrogen-bond donors (Lipinski definition) is 3. The van der Waals surface area contributed by atoms with Crippen molar-refractivity contribution in [2.45, 2.75) is 45.3 Å². The Balaban J connectivity index is 1.68. The largest absolute Gasteiger partial charge is 0.497 e. The maximum atomic E-state index is 12.1. The molecule has 1 aromatic rings. The van der Waals surface area contributed by atoms with E-state index in [0.717, 1.165) is 37.2 Å². The highest BCUT2D eigenvalue weighted by atomic mass is 16.5. The average molecular weight is 376 g/mol. The molecule has 150 valence electrons. The lowest BCUT2D eigenvalue weighted by Gasteiger charge is -2.35. The predicted octanol–water partition coefficient (Wildman–Crippen LogP) is 1.35. The molecule has 2 rings (SSSR count). The summed E-state index contributed by atoms with van der Waals surface area (Å²) in [5, 5.41) is 9.43. The highest BCUT2D eigenvalue weighted by Gasteiger charge is 2.21. The molecule has 0 atom stereocenters. The van der Waals surface area contributed by atoms with Crippen LogP contribution in [0.3, 0.4) is 0 Å². The van der Waals surface area contributed by atoms with Gasteiger partial charge in [-0.25, -0.2) is 0 Å². The van der Waals surface area contributed by atoms with Crippen LogP contribution in [0, 0.1) is 0 Å². The van der Waals surface area contributed by atoms with Gasteiger partial charge in [-0.1, -0.05) is 12.1 Å². The number of hydrogen-bond acceptors (Lipinski definition) is 4. The van der Waals surface area contributed by atoms with Crippen molar-refractivity contribution in [3.05, 3.63) is 29.8 Å². The molecule has 0 radical (unpaired) electrons. The molecule has 1 aromatic carbocycles. The van der Waals surface area contributed by atoms with Gasteiger partial charge >= 0.3 is 0 Å². The Morgan fingerprint density at radius 2 is 1.89 bits per heavy atom. The molecule has 0 aromatic heterocycles. The first kappa shape index (κ1) is 21.0. The molecule has 0 saturated carbocycles. The van der Waals surface area contributed by atoms with Gasteiger partial charge in [0, 0.05) is 38.8 Å². The zero-order valence-electron chi connectivity index (χ0n) is 16.9. The summed E-state index contributed by atoms with van der Waals surface area (Å²) in [6, 6.07) is 8.64. The molecule has 3 N–H and O–H groups in total. The van der Waals surface area contributed by atoms with Crippen LogP contribution in [0.25, 0.3) is 0 Å². The molecule has 1 fully saturated rings. The van der Waals surface area contributed by atoms with E-state index < -0.39 is 0 Å². The lowest BCUT2D eigenvalue weighted by atomic mass is 10.0. The fourth-order valence-electron chi connectivity index (χ4n) is 3.12. The Hall–Kier alpha value is -2.28. The van der Waals surface area contributed by atoms with Gasteiger partial charge in [0.1, 0.15) is 5.75 Å². The summed E-state index contributed by atoms with van der Waals surface area (Å²) in [4.78, 5) is 18.8. The monoisotopic (exact) mass is 375 g/mol. The quantitative estimate of drug-likeness (QED) is 0.495. The van der Waals surface area contributed by atoms with Crippen LogP contribution in [-0.2, 0) is 11.3 Å². The Morgan fingerprint density at radius 3 is 2.44 bits per heavy atom. The third-order valence-corrected chi connectivity index (χ3v) is 4.89. The van der Waals surface area contributed by atoms with E-state index in [1.807, 2.05) is 24.3 Å². The molecule has 1 amide bonds. The van der Waals surface area contributed by atoms with Gasteiger partial charge in [0.25, 0.3) is 0 Å². The summed E-state index contributed by atoms with van der Waals surface area (Å²) in [5.74, 6) is 1.42. The van der Waals surface area contributed by atoms with E-state index in [1.54, 1.807) is 14.2 Å². The number of amides is 1. The molecular weight excluding hydrogens is 342 g/mol. The summed E-state index contributed by atoms with van der Waals surface area (Å²) >= 11 is 0. The average Bonchev–Trinajstić information content (AvgIpc) is 2.70. The Labute approximate surface area is 162 Å². The van der Waals surface area contributed by atoms with Crippen LogP contribution in [0.5, 0.6) is 5.75 Å². The lowest BCUT2D eigenvalue weighted by molar-refractivity contribution is -0.120. The van der Waals surface area contributed by atoms with Crippen LogP contribution in [0.15, 0.2) is 29.3 Å². The molecule has 0 aliphatic carbocycles. The maximum absolute atomic E-state index is 12.1. The minimum Gasteiger partial charge on any atom is -0.497 e. The molecule has 7 heteroatoms. The van der Waals surface area contributed by atoms with Crippen molar-refractivity contribution in [3.63, 3.8) is 0 Å². The highest BCUT2D eigenvalue weighted by molar-refractivity contribution is 5.86. The first-order chi connectivity index (χ1) is 13.0. The summed E-state index contributed by atoms with van der Waals surface area (Å²) < 4.78 is 5.13. The molecule has 0 bridgehead atoms. The number of aliphatic imine (C=N–C) groups is 1. The second-order valence-electron chi connectivity index (χ2n) is 7.10. The molecule has 27 heavy (non-hydrogen) atoms. The van der Waals surface area contributed by atoms with Crippen molar-refractivity contribution < 1.29 is 9.53 Å². The molecule has 0 spiro atoms. The Bertz CT molecular complexity index is 607. The smallest absolute Gasteiger partial charge is 0.239 e. The zero-order valence-corrected chi connectivity index (χ0v) is 16.9. The molecular formula is C20H33N5O2. The number of nitrogens with zero attached hydrogens (tertiary/aromatic N) is 2. The van der Waals surface area contributed by atoms with Crippen LogP contribution in [0.4, 0.5) is 0 Å². The van der Waals surface area contributed by atoms with E-state index >= 15 is 0 Å². The number of carbonyl (C=O) groups excluding carboxylic acids is 1. The second-order valence-corrected chi connectivity index (χ2v) is 7.10. The number of piperidine rings is 1. The summed E-state index contributed by atoms with van der Waals surface area (Å²) in [6.07, 6.45) is 2.17. The topological polar surface area (TPSA) is 78.0 Å². The fraction of sp³-hybridized carbons (Fsp3) is 0.600. The van der Waals surface area contributed by atoms with Gasteiger partial charge < -0.3 is 25.6 Å². The number of rotatable bonds is 7. The van der Waals surface area contributed by atoms with E-state index in [9.17, 15) is 4.79 Å². The summed E-state index contributed by atoms with van der Waals surface area (Å²) in [5.41, 5.74) is 1.03. The highest BCUT2D eigenvalue weighted by Crippen LogP contribution is 2.13. The number of likely N-dealkylation sites (tertiary alicyclic amines) is 1. The summed E-state index contributed by atoms with van der Waals surface area (Å²) in [6.45, 7) is 7.34. The zero-order chi connectivity index (χ0) is 19.6. The van der Waals surface area contributed by atoms with Gasteiger partial charge in [0.2, 0.25) is 5.91 Å². The third-order valence-electron chi connectivity index (χ3n) is 4.89. The molecule has 7 nitrogen and oxygen atoms in total. The van der Waals surface area contributed by atoms with Crippen LogP contribution < -0.4 is 20.7 Å². The van der Waals surface area contributed by atoms with Gasteiger partial charge in [0.15, 0.2) is 5.96 Å². The molecule has 1 heterocycles. The number of carbonyl (C=O) groups is 1. The second kappa shape index (κ2) is 10.8. The molecule has 1 saturated heterocycles. The SMILES string of the molecule is CN=C(NCC(=O)NCc1ccc(OC)cc1)NC1CCN(C(C)C)CC1. The van der Waals surface area contributed by atoms with Gasteiger partial charge in [-0.15, -0.1) is 0 Å². The van der Waals surface area contributed by atoms with Crippen molar-refractivity contribution in [2.75, 3.05) is 33.8 Å². The van der Waals surface area contributed by atoms with Gasteiger partial charge in [-0.2, -0.15) is 0 Å². The lowest BCUT2D eigenvalue weighted by Crippen LogP contribution is -2.51. The fourth-order valence-corrected chi connectivity index (χ4v) is 3.12. The number of nitrogens with one attached hydrogen (secondary N) is 3. The number of methoxy groups -OCH3 is 1. The van der Waals surface area contributed by atoms with Gasteiger partial charge in [-0.05, 0) is 44.4 Å². The van der Waals surface area contributed by atoms with Crippen molar-refractivity contribution in [1.29, 1.82) is 0 Å². The minimum absolute atomic E-state index is 0.0663. The van der Waals surface area contributed by atoms with E-state index in [1.165, 1.54) is 0 Å². The van der Waals surface area contributed by atoms with Crippen LogP contribution >= 0.6 is 0 Å². The summed E-state index contributed by atoms with van der Waals surface area (Å²) in [7, 11) is 3.37. The van der Waals surface area contributed by atoms with Crippen molar-refractivity contribution in [1.82, 2.24) is 20.9 Å². The Kier molecular flexibility index (Phi) is 8.39.